The highest BCUT2D eigenvalue weighted by Gasteiger charge is 2.45. The molecule has 2 heterocycles. The summed E-state index contributed by atoms with van der Waals surface area (Å²) in [6.45, 7) is 5.58. The van der Waals surface area contributed by atoms with Gasteiger partial charge in [-0.2, -0.15) is 0 Å². The highest BCUT2D eigenvalue weighted by atomic mass is 16.5. The number of nitrogens with zero attached hydrogens (tertiary/aromatic N) is 1. The zero-order chi connectivity index (χ0) is 13.9. The van der Waals surface area contributed by atoms with Gasteiger partial charge in [0.15, 0.2) is 0 Å². The van der Waals surface area contributed by atoms with Gasteiger partial charge >= 0.3 is 0 Å². The molecule has 3 rings (SSSR count). The van der Waals surface area contributed by atoms with Crippen LogP contribution in [0.25, 0.3) is 0 Å². The lowest BCUT2D eigenvalue weighted by molar-refractivity contribution is -0.156. The Balaban J connectivity index is 1.63. The number of hydrogen-bond acceptors (Lipinski definition) is 4. The molecule has 5 heteroatoms. The maximum Gasteiger partial charge on any atom is 0.252 e. The van der Waals surface area contributed by atoms with Crippen LogP contribution in [0.3, 0.4) is 0 Å². The summed E-state index contributed by atoms with van der Waals surface area (Å²) in [7, 11) is 0. The van der Waals surface area contributed by atoms with Gasteiger partial charge in [0, 0.05) is 25.7 Å². The molecule has 1 amide bonds. The molecule has 0 N–H and O–H groups in total. The molecular weight excluding hydrogens is 258 g/mol. The smallest absolute Gasteiger partial charge is 0.252 e. The molecule has 3 aliphatic rings. The molecule has 0 aromatic heterocycles. The summed E-state index contributed by atoms with van der Waals surface area (Å²) < 4.78 is 17.0. The van der Waals surface area contributed by atoms with Gasteiger partial charge in [-0.3, -0.25) is 4.79 Å². The van der Waals surface area contributed by atoms with Crippen molar-refractivity contribution in [2.75, 3.05) is 33.0 Å². The van der Waals surface area contributed by atoms with Gasteiger partial charge in [-0.1, -0.05) is 0 Å². The summed E-state index contributed by atoms with van der Waals surface area (Å²) in [4.78, 5) is 14.6. The second-order valence-electron chi connectivity index (χ2n) is 5.93. The molecule has 5 nitrogen and oxygen atoms in total. The van der Waals surface area contributed by atoms with Crippen molar-refractivity contribution in [3.8, 4) is 0 Å². The molecular formula is C15H25NO4. The number of fused-ring (bicyclic) bond motifs is 1. The number of morpholine rings is 1. The molecule has 1 aliphatic carbocycles. The van der Waals surface area contributed by atoms with E-state index < -0.39 is 0 Å². The maximum absolute atomic E-state index is 12.6. The van der Waals surface area contributed by atoms with Crippen molar-refractivity contribution < 1.29 is 19.0 Å². The Morgan fingerprint density at radius 2 is 2.15 bits per heavy atom. The monoisotopic (exact) mass is 283 g/mol. The van der Waals surface area contributed by atoms with E-state index in [0.29, 0.717) is 19.1 Å². The molecule has 1 saturated carbocycles. The summed E-state index contributed by atoms with van der Waals surface area (Å²) in [6, 6.07) is 0.228. The number of carbonyl (C=O) groups is 1. The largest absolute Gasteiger partial charge is 0.381 e. The zero-order valence-corrected chi connectivity index (χ0v) is 12.3. The Morgan fingerprint density at radius 3 is 2.90 bits per heavy atom. The first-order valence-electron chi connectivity index (χ1n) is 7.92. The minimum Gasteiger partial charge on any atom is -0.381 e. The zero-order valence-electron chi connectivity index (χ0n) is 12.3. The molecule has 0 aromatic carbocycles. The predicted octanol–water partition coefficient (Wildman–Crippen LogP) is 1.21. The Bertz CT molecular complexity index is 343. The third kappa shape index (κ3) is 2.71. The van der Waals surface area contributed by atoms with Gasteiger partial charge < -0.3 is 19.1 Å². The first-order chi connectivity index (χ1) is 9.81. The predicted molar refractivity (Wildman–Crippen MR) is 73.4 cm³/mol. The van der Waals surface area contributed by atoms with Crippen molar-refractivity contribution in [1.29, 1.82) is 0 Å². The highest BCUT2D eigenvalue weighted by molar-refractivity contribution is 5.81. The summed E-state index contributed by atoms with van der Waals surface area (Å²) in [5, 5.41) is 0. The molecule has 114 valence electrons. The lowest BCUT2D eigenvalue weighted by atomic mass is 10.0. The van der Waals surface area contributed by atoms with Crippen LogP contribution in [-0.2, 0) is 19.0 Å². The number of amides is 1. The van der Waals surface area contributed by atoms with Crippen LogP contribution in [-0.4, -0.2) is 62.0 Å². The summed E-state index contributed by atoms with van der Waals surface area (Å²) in [6.07, 6.45) is 3.93. The van der Waals surface area contributed by atoms with Crippen LogP contribution >= 0.6 is 0 Å². The van der Waals surface area contributed by atoms with Crippen LogP contribution in [0.4, 0.5) is 0 Å². The van der Waals surface area contributed by atoms with E-state index in [9.17, 15) is 4.79 Å². The van der Waals surface area contributed by atoms with E-state index in [-0.39, 0.29) is 24.2 Å². The first-order valence-corrected chi connectivity index (χ1v) is 7.92. The minimum atomic E-state index is -0.209. The Morgan fingerprint density at radius 1 is 1.25 bits per heavy atom. The van der Waals surface area contributed by atoms with E-state index in [1.807, 2.05) is 11.8 Å². The van der Waals surface area contributed by atoms with E-state index in [2.05, 4.69) is 0 Å². The third-order valence-electron chi connectivity index (χ3n) is 4.74. The molecule has 4 atom stereocenters. The Kier molecular flexibility index (Phi) is 4.58. The Hall–Kier alpha value is -0.650. The molecule has 0 bridgehead atoms. The molecule has 0 unspecified atom stereocenters. The summed E-state index contributed by atoms with van der Waals surface area (Å²) in [5.74, 6) is 0.609. The molecule has 0 aromatic rings. The van der Waals surface area contributed by atoms with Crippen molar-refractivity contribution in [2.24, 2.45) is 5.92 Å². The molecule has 0 spiro atoms. The second-order valence-corrected chi connectivity index (χ2v) is 5.93. The van der Waals surface area contributed by atoms with Crippen LogP contribution in [0.5, 0.6) is 0 Å². The van der Waals surface area contributed by atoms with Crippen molar-refractivity contribution in [2.45, 2.75) is 50.9 Å². The molecule has 20 heavy (non-hydrogen) atoms. The summed E-state index contributed by atoms with van der Waals surface area (Å²) >= 11 is 0. The number of rotatable bonds is 4. The molecule has 2 saturated heterocycles. The van der Waals surface area contributed by atoms with Crippen molar-refractivity contribution >= 4 is 5.91 Å². The fraction of sp³-hybridized carbons (Fsp3) is 0.933. The van der Waals surface area contributed by atoms with E-state index in [0.717, 1.165) is 45.5 Å². The SMILES string of the molecule is CCOC[C@@H]1CC[C@@H]2[C@H]1OCCN2C(=O)[C@H]1CCCO1. The van der Waals surface area contributed by atoms with Crippen LogP contribution in [0.1, 0.15) is 32.6 Å². The van der Waals surface area contributed by atoms with E-state index >= 15 is 0 Å². The number of ether oxygens (including phenoxy) is 3. The van der Waals surface area contributed by atoms with Gasteiger partial charge in [-0.15, -0.1) is 0 Å². The van der Waals surface area contributed by atoms with Gasteiger partial charge in [0.05, 0.1) is 25.4 Å². The van der Waals surface area contributed by atoms with Gasteiger partial charge in [-0.05, 0) is 32.6 Å². The first kappa shape index (κ1) is 14.3. The van der Waals surface area contributed by atoms with Crippen LogP contribution in [0.15, 0.2) is 0 Å². The van der Waals surface area contributed by atoms with Gasteiger partial charge in [-0.25, -0.2) is 0 Å². The minimum absolute atomic E-state index is 0.153. The third-order valence-corrected chi connectivity index (χ3v) is 4.74. The topological polar surface area (TPSA) is 48.0 Å². The van der Waals surface area contributed by atoms with Crippen molar-refractivity contribution in [3.05, 3.63) is 0 Å². The molecule has 2 aliphatic heterocycles. The van der Waals surface area contributed by atoms with Crippen molar-refractivity contribution in [1.82, 2.24) is 4.90 Å². The lowest BCUT2D eigenvalue weighted by Crippen LogP contribution is -2.55. The summed E-state index contributed by atoms with van der Waals surface area (Å²) in [5.41, 5.74) is 0. The van der Waals surface area contributed by atoms with E-state index in [1.165, 1.54) is 0 Å². The normalized spacial score (nSPS) is 37.1. The average molecular weight is 283 g/mol. The van der Waals surface area contributed by atoms with Gasteiger partial charge in [0.1, 0.15) is 6.10 Å². The fourth-order valence-corrected chi connectivity index (χ4v) is 3.74. The molecule has 0 radical (unpaired) electrons. The van der Waals surface area contributed by atoms with E-state index in [1.54, 1.807) is 0 Å². The second kappa shape index (κ2) is 6.41. The Labute approximate surface area is 120 Å². The van der Waals surface area contributed by atoms with Crippen molar-refractivity contribution in [3.63, 3.8) is 0 Å². The highest BCUT2D eigenvalue weighted by Crippen LogP contribution is 2.35. The lowest BCUT2D eigenvalue weighted by Gasteiger charge is -2.40. The maximum atomic E-state index is 12.6. The van der Waals surface area contributed by atoms with Gasteiger partial charge in [0.25, 0.3) is 5.91 Å². The van der Waals surface area contributed by atoms with E-state index in [4.69, 9.17) is 14.2 Å². The molecule has 3 fully saturated rings. The number of hydrogen-bond donors (Lipinski definition) is 0. The average Bonchev–Trinajstić information content (AvgIpc) is 3.13. The fourth-order valence-electron chi connectivity index (χ4n) is 3.74. The quantitative estimate of drug-likeness (QED) is 0.778. The van der Waals surface area contributed by atoms with Gasteiger partial charge in [0.2, 0.25) is 0 Å². The van der Waals surface area contributed by atoms with Crippen LogP contribution in [0, 0.1) is 5.92 Å². The van der Waals surface area contributed by atoms with Crippen LogP contribution < -0.4 is 0 Å². The van der Waals surface area contributed by atoms with Crippen LogP contribution in [0.2, 0.25) is 0 Å². The number of carbonyl (C=O) groups excluding carboxylic acids is 1. The standard InChI is InChI=1S/C15H25NO4/c1-2-18-10-11-5-6-12-14(11)20-9-7-16(12)15(17)13-4-3-8-19-13/h11-14H,2-10H2,1H3/t11-,12+,13+,14-/m0/s1.